The number of benzene rings is 2. The summed E-state index contributed by atoms with van der Waals surface area (Å²) in [5.74, 6) is 0.677. The highest BCUT2D eigenvalue weighted by Crippen LogP contribution is 2.46. The van der Waals surface area contributed by atoms with Gasteiger partial charge in [-0.2, -0.15) is 0 Å². The SMILES string of the molecule is COc1cc(/C=C2/C(C)=C(CCC(=O)CC3=CN=CC3)c3cc(F)ccc32)cc(OC)c1OC(=O)N1CCOCC1. The molecule has 1 saturated heterocycles. The maximum atomic E-state index is 14.4. The molecule has 0 radical (unpaired) electrons. The van der Waals surface area contributed by atoms with Crippen molar-refractivity contribution in [2.75, 3.05) is 40.5 Å². The quantitative estimate of drug-likeness (QED) is 0.368. The van der Waals surface area contributed by atoms with Crippen LogP contribution >= 0.6 is 0 Å². The molecule has 0 unspecified atom stereocenters. The van der Waals surface area contributed by atoms with Gasteiger partial charge in [-0.25, -0.2) is 9.18 Å². The zero-order chi connectivity index (χ0) is 28.9. The molecule has 8 nitrogen and oxygen atoms in total. The van der Waals surface area contributed by atoms with Crippen molar-refractivity contribution in [2.24, 2.45) is 4.99 Å². The van der Waals surface area contributed by atoms with E-state index in [2.05, 4.69) is 4.99 Å². The minimum absolute atomic E-state index is 0.133. The highest BCUT2D eigenvalue weighted by Gasteiger charge is 2.26. The number of hydrogen-bond acceptors (Lipinski definition) is 7. The molecule has 0 spiro atoms. The van der Waals surface area contributed by atoms with Crippen LogP contribution < -0.4 is 14.2 Å². The van der Waals surface area contributed by atoms with Crippen LogP contribution in [0.4, 0.5) is 9.18 Å². The summed E-state index contributed by atoms with van der Waals surface area (Å²) in [6, 6.07) is 8.28. The fraction of sp³-hybridized carbons (Fsp3) is 0.344. The average molecular weight is 561 g/mol. The van der Waals surface area contributed by atoms with Gasteiger partial charge in [0.2, 0.25) is 5.75 Å². The summed E-state index contributed by atoms with van der Waals surface area (Å²) in [5.41, 5.74) is 6.28. The second-order valence-corrected chi connectivity index (χ2v) is 10.1. The number of hydrogen-bond donors (Lipinski definition) is 0. The van der Waals surface area contributed by atoms with Gasteiger partial charge >= 0.3 is 6.09 Å². The Morgan fingerprint density at radius 1 is 1.07 bits per heavy atom. The number of carbonyl (C=O) groups excluding carboxylic acids is 2. The van der Waals surface area contributed by atoms with Crippen LogP contribution in [0.2, 0.25) is 0 Å². The van der Waals surface area contributed by atoms with Crippen LogP contribution in [0.3, 0.4) is 0 Å². The molecule has 214 valence electrons. The molecule has 3 aliphatic rings. The molecule has 1 fully saturated rings. The van der Waals surface area contributed by atoms with Crippen molar-refractivity contribution < 1.29 is 32.9 Å². The summed E-state index contributed by atoms with van der Waals surface area (Å²) < 4.78 is 36.5. The molecule has 0 saturated carbocycles. The summed E-state index contributed by atoms with van der Waals surface area (Å²) in [7, 11) is 3.00. The highest BCUT2D eigenvalue weighted by atomic mass is 19.1. The van der Waals surface area contributed by atoms with Crippen LogP contribution in [0, 0.1) is 5.82 Å². The molecular weight excluding hydrogens is 527 g/mol. The number of morpholine rings is 1. The molecule has 0 aromatic heterocycles. The standard InChI is InChI=1S/C32H33FN2O6/c1-20-25(7-5-24(36)14-21-8-9-34-19-21)28-18-23(33)4-6-26(28)27(20)15-22-16-29(38-2)31(30(17-22)39-3)41-32(37)35-10-12-40-13-11-35/h4,6,9,15-19H,5,7-8,10-14H2,1-3H3/b27-15-. The number of nitrogens with zero attached hydrogens (tertiary/aromatic N) is 2. The fourth-order valence-electron chi connectivity index (χ4n) is 5.33. The third kappa shape index (κ3) is 6.25. The molecule has 1 amide bonds. The number of aliphatic imine (C=N–C) groups is 1. The van der Waals surface area contributed by atoms with E-state index in [4.69, 9.17) is 18.9 Å². The van der Waals surface area contributed by atoms with E-state index in [1.807, 2.05) is 13.0 Å². The number of methoxy groups -OCH3 is 2. The average Bonchev–Trinajstić information content (AvgIpc) is 3.58. The van der Waals surface area contributed by atoms with Gasteiger partial charge in [-0.05, 0) is 82.7 Å². The molecule has 0 bridgehead atoms. The minimum atomic E-state index is -0.502. The van der Waals surface area contributed by atoms with E-state index < -0.39 is 6.09 Å². The second-order valence-electron chi connectivity index (χ2n) is 10.1. The Balaban J connectivity index is 1.43. The molecule has 0 atom stereocenters. The first-order valence-electron chi connectivity index (χ1n) is 13.6. The van der Waals surface area contributed by atoms with Crippen LogP contribution in [0.5, 0.6) is 17.2 Å². The number of allylic oxidation sites excluding steroid dienone is 4. The Morgan fingerprint density at radius 3 is 2.46 bits per heavy atom. The third-order valence-electron chi connectivity index (χ3n) is 7.50. The molecule has 5 rings (SSSR count). The van der Waals surface area contributed by atoms with Gasteiger partial charge < -0.3 is 23.8 Å². The van der Waals surface area contributed by atoms with Crippen molar-refractivity contribution in [1.29, 1.82) is 0 Å². The van der Waals surface area contributed by atoms with E-state index >= 15 is 0 Å². The fourth-order valence-corrected chi connectivity index (χ4v) is 5.33. The predicted octanol–water partition coefficient (Wildman–Crippen LogP) is 6.10. The van der Waals surface area contributed by atoms with E-state index in [0.29, 0.717) is 63.5 Å². The first-order valence-corrected chi connectivity index (χ1v) is 13.6. The van der Waals surface area contributed by atoms with Crippen molar-refractivity contribution in [3.05, 3.63) is 70.2 Å². The van der Waals surface area contributed by atoms with E-state index in [1.165, 1.54) is 26.4 Å². The van der Waals surface area contributed by atoms with Gasteiger partial charge in [0.05, 0.1) is 27.4 Å². The van der Waals surface area contributed by atoms with Crippen LogP contribution in [0.25, 0.3) is 17.2 Å². The Morgan fingerprint density at radius 2 is 1.80 bits per heavy atom. The number of ether oxygens (including phenoxy) is 4. The van der Waals surface area contributed by atoms with Gasteiger partial charge in [-0.3, -0.25) is 9.79 Å². The zero-order valence-electron chi connectivity index (χ0n) is 23.5. The van der Waals surface area contributed by atoms with Crippen molar-refractivity contribution in [2.45, 2.75) is 32.6 Å². The first kappa shape index (κ1) is 28.3. The Bertz CT molecular complexity index is 1460. The lowest BCUT2D eigenvalue weighted by atomic mass is 9.97. The van der Waals surface area contributed by atoms with E-state index in [0.717, 1.165) is 39.0 Å². The van der Waals surface area contributed by atoms with Gasteiger partial charge in [-0.1, -0.05) is 6.07 Å². The predicted molar refractivity (Wildman–Crippen MR) is 155 cm³/mol. The number of rotatable bonds is 9. The van der Waals surface area contributed by atoms with Gasteiger partial charge in [0.15, 0.2) is 11.5 Å². The summed E-state index contributed by atoms with van der Waals surface area (Å²) >= 11 is 0. The highest BCUT2D eigenvalue weighted by molar-refractivity contribution is 6.05. The number of ketones is 1. The molecule has 9 heteroatoms. The smallest absolute Gasteiger partial charge is 0.415 e. The van der Waals surface area contributed by atoms with Crippen LogP contribution in [0.15, 0.2) is 52.7 Å². The van der Waals surface area contributed by atoms with Crippen molar-refractivity contribution in [3.63, 3.8) is 0 Å². The first-order chi connectivity index (χ1) is 19.9. The van der Waals surface area contributed by atoms with E-state index in [1.54, 1.807) is 35.5 Å². The monoisotopic (exact) mass is 560 g/mol. The number of fused-ring (bicyclic) bond motifs is 1. The minimum Gasteiger partial charge on any atom is -0.493 e. The molecule has 41 heavy (non-hydrogen) atoms. The van der Waals surface area contributed by atoms with Gasteiger partial charge in [0.25, 0.3) is 0 Å². The molecule has 1 aliphatic carbocycles. The lowest BCUT2D eigenvalue weighted by Gasteiger charge is -2.26. The second kappa shape index (κ2) is 12.5. The van der Waals surface area contributed by atoms with Crippen molar-refractivity contribution in [1.82, 2.24) is 4.90 Å². The summed E-state index contributed by atoms with van der Waals surface area (Å²) in [6.07, 6.45) is 6.99. The van der Waals surface area contributed by atoms with Gasteiger partial charge in [0.1, 0.15) is 11.6 Å². The lowest BCUT2D eigenvalue weighted by molar-refractivity contribution is -0.118. The number of carbonyl (C=O) groups is 2. The third-order valence-corrected chi connectivity index (χ3v) is 7.50. The molecular formula is C32H33FN2O6. The maximum absolute atomic E-state index is 14.4. The molecule has 0 N–H and O–H groups in total. The van der Waals surface area contributed by atoms with E-state index in [-0.39, 0.29) is 17.3 Å². The number of Topliss-reactive ketones (excluding diaryl/α,β-unsaturated/α-hetero) is 1. The molecule has 2 aliphatic heterocycles. The molecule has 2 aromatic carbocycles. The topological polar surface area (TPSA) is 86.7 Å². The van der Waals surface area contributed by atoms with Crippen molar-refractivity contribution >= 4 is 35.3 Å². The van der Waals surface area contributed by atoms with Crippen molar-refractivity contribution in [3.8, 4) is 17.2 Å². The molecule has 2 heterocycles. The Kier molecular flexibility index (Phi) is 8.64. The summed E-state index contributed by atoms with van der Waals surface area (Å²) in [6.45, 7) is 3.79. The Hall–Kier alpha value is -4.24. The van der Waals surface area contributed by atoms with Crippen LogP contribution in [-0.2, 0) is 9.53 Å². The maximum Gasteiger partial charge on any atom is 0.415 e. The van der Waals surface area contributed by atoms with Crippen LogP contribution in [-0.4, -0.2) is 63.5 Å². The number of amides is 1. The van der Waals surface area contributed by atoms with Gasteiger partial charge in [-0.15, -0.1) is 0 Å². The summed E-state index contributed by atoms with van der Waals surface area (Å²) in [5, 5.41) is 0. The Labute approximate surface area is 238 Å². The number of halogens is 1. The lowest BCUT2D eigenvalue weighted by Crippen LogP contribution is -2.42. The summed E-state index contributed by atoms with van der Waals surface area (Å²) in [4.78, 5) is 31.1. The van der Waals surface area contributed by atoms with Crippen LogP contribution in [0.1, 0.15) is 49.3 Å². The van der Waals surface area contributed by atoms with Gasteiger partial charge in [0, 0.05) is 44.8 Å². The largest absolute Gasteiger partial charge is 0.493 e. The van der Waals surface area contributed by atoms with E-state index in [9.17, 15) is 14.0 Å². The zero-order valence-corrected chi connectivity index (χ0v) is 23.5. The normalized spacial score (nSPS) is 17.1. The molecule has 2 aromatic rings.